The van der Waals surface area contributed by atoms with Gasteiger partial charge in [0.1, 0.15) is 17.2 Å². The maximum atomic E-state index is 13.4. The van der Waals surface area contributed by atoms with Crippen LogP contribution in [0.5, 0.6) is 0 Å². The number of benzene rings is 1. The Morgan fingerprint density at radius 2 is 1.78 bits per heavy atom. The number of ether oxygens (including phenoxy) is 1. The first kappa shape index (κ1) is 18.9. The molecule has 7 heteroatoms. The van der Waals surface area contributed by atoms with Gasteiger partial charge in [-0.3, -0.25) is 4.79 Å². The Kier molecular flexibility index (Phi) is 6.93. The predicted molar refractivity (Wildman–Crippen MR) is 81.9 cm³/mol. The lowest BCUT2D eigenvalue weighted by Gasteiger charge is -2.19. The monoisotopic (exact) mass is 328 g/mol. The number of aryl methyl sites for hydroxylation is 1. The summed E-state index contributed by atoms with van der Waals surface area (Å²) in [4.78, 5) is 23.0. The molecule has 0 saturated heterocycles. The molecule has 2 amide bonds. The molecule has 0 heterocycles. The number of nitrogens with one attached hydrogen (secondary N) is 2. The summed E-state index contributed by atoms with van der Waals surface area (Å²) in [6.45, 7) is 5.69. The molecule has 128 valence electrons. The van der Waals surface area contributed by atoms with E-state index in [2.05, 4.69) is 10.6 Å². The van der Waals surface area contributed by atoms with Crippen LogP contribution in [-0.2, 0) is 16.0 Å². The summed E-state index contributed by atoms with van der Waals surface area (Å²) in [6.07, 6.45) is -0.421. The first-order valence-corrected chi connectivity index (χ1v) is 7.35. The standard InChI is InChI=1S/C16H22F2N2O3/c1-16(2,3)23-15(22)20-9-8-19-14(21)7-4-11-10-12(17)5-6-13(11)18/h5-6,10H,4,7-9H2,1-3H3,(H,19,21)(H,20,22). The van der Waals surface area contributed by atoms with E-state index in [1.165, 1.54) is 0 Å². The smallest absolute Gasteiger partial charge is 0.407 e. The third-order valence-electron chi connectivity index (χ3n) is 2.74. The Labute approximate surface area is 134 Å². The molecule has 0 aliphatic carbocycles. The summed E-state index contributed by atoms with van der Waals surface area (Å²) in [6, 6.07) is 3.14. The number of amides is 2. The molecule has 0 atom stereocenters. The van der Waals surface area contributed by atoms with Crippen molar-refractivity contribution in [2.45, 2.75) is 39.2 Å². The normalized spacial score (nSPS) is 11.0. The summed E-state index contributed by atoms with van der Waals surface area (Å²) in [5.74, 6) is -1.38. The van der Waals surface area contributed by atoms with Gasteiger partial charge in [0, 0.05) is 19.5 Å². The van der Waals surface area contributed by atoms with Crippen molar-refractivity contribution >= 4 is 12.0 Å². The van der Waals surface area contributed by atoms with Crippen LogP contribution in [0.2, 0.25) is 0 Å². The lowest BCUT2D eigenvalue weighted by Crippen LogP contribution is -2.37. The summed E-state index contributed by atoms with van der Waals surface area (Å²) in [5.41, 5.74) is -0.422. The van der Waals surface area contributed by atoms with Crippen LogP contribution in [-0.4, -0.2) is 30.7 Å². The van der Waals surface area contributed by atoms with Gasteiger partial charge in [-0.2, -0.15) is 0 Å². The minimum absolute atomic E-state index is 0.0345. The molecule has 1 aromatic rings. The largest absolute Gasteiger partial charge is 0.444 e. The maximum absolute atomic E-state index is 13.4. The van der Waals surface area contributed by atoms with Gasteiger partial charge in [0.25, 0.3) is 0 Å². The highest BCUT2D eigenvalue weighted by molar-refractivity contribution is 5.76. The van der Waals surface area contributed by atoms with E-state index < -0.39 is 23.3 Å². The molecule has 1 aromatic carbocycles. The van der Waals surface area contributed by atoms with Crippen molar-refractivity contribution in [3.8, 4) is 0 Å². The van der Waals surface area contributed by atoms with Crippen molar-refractivity contribution in [1.82, 2.24) is 10.6 Å². The van der Waals surface area contributed by atoms with Crippen LogP contribution in [0.1, 0.15) is 32.8 Å². The van der Waals surface area contributed by atoms with Gasteiger partial charge in [0.15, 0.2) is 0 Å². The molecule has 0 radical (unpaired) electrons. The summed E-state index contributed by atoms with van der Waals surface area (Å²) in [7, 11) is 0. The molecule has 23 heavy (non-hydrogen) atoms. The van der Waals surface area contributed by atoms with E-state index in [0.29, 0.717) is 0 Å². The van der Waals surface area contributed by atoms with Gasteiger partial charge in [0.2, 0.25) is 5.91 Å². The number of alkyl carbamates (subject to hydrolysis) is 1. The zero-order valence-corrected chi connectivity index (χ0v) is 13.5. The molecule has 0 aromatic heterocycles. The van der Waals surface area contributed by atoms with Gasteiger partial charge in [-0.1, -0.05) is 0 Å². The predicted octanol–water partition coefficient (Wildman–Crippen LogP) is 2.54. The van der Waals surface area contributed by atoms with Crippen molar-refractivity contribution in [2.75, 3.05) is 13.1 Å². The van der Waals surface area contributed by atoms with Gasteiger partial charge in [-0.05, 0) is 51.0 Å². The number of carbonyl (C=O) groups is 2. The highest BCUT2D eigenvalue weighted by atomic mass is 19.1. The molecule has 0 unspecified atom stereocenters. The van der Waals surface area contributed by atoms with Crippen molar-refractivity contribution in [3.05, 3.63) is 35.4 Å². The van der Waals surface area contributed by atoms with Crippen LogP contribution < -0.4 is 10.6 Å². The van der Waals surface area contributed by atoms with Gasteiger partial charge in [-0.25, -0.2) is 13.6 Å². The molecule has 0 fully saturated rings. The van der Waals surface area contributed by atoms with E-state index in [4.69, 9.17) is 4.74 Å². The quantitative estimate of drug-likeness (QED) is 0.789. The Hall–Kier alpha value is -2.18. The zero-order valence-electron chi connectivity index (χ0n) is 13.5. The second-order valence-electron chi connectivity index (χ2n) is 6.01. The molecule has 0 spiro atoms. The molecule has 0 saturated carbocycles. The highest BCUT2D eigenvalue weighted by Gasteiger charge is 2.15. The molecule has 2 N–H and O–H groups in total. The minimum Gasteiger partial charge on any atom is -0.444 e. The molecule has 1 rings (SSSR count). The first-order chi connectivity index (χ1) is 10.7. The lowest BCUT2D eigenvalue weighted by atomic mass is 10.1. The van der Waals surface area contributed by atoms with Crippen LogP contribution in [0, 0.1) is 11.6 Å². The van der Waals surface area contributed by atoms with Crippen LogP contribution in [0.4, 0.5) is 13.6 Å². The molecule has 5 nitrogen and oxygen atoms in total. The minimum atomic E-state index is -0.581. The summed E-state index contributed by atoms with van der Waals surface area (Å²) in [5, 5.41) is 5.08. The summed E-state index contributed by atoms with van der Waals surface area (Å²) >= 11 is 0. The third-order valence-corrected chi connectivity index (χ3v) is 2.74. The topological polar surface area (TPSA) is 67.4 Å². The average Bonchev–Trinajstić information content (AvgIpc) is 2.42. The first-order valence-electron chi connectivity index (χ1n) is 7.35. The second kappa shape index (κ2) is 8.45. The molecule has 0 aliphatic rings. The van der Waals surface area contributed by atoms with Gasteiger partial charge in [-0.15, -0.1) is 0 Å². The van der Waals surface area contributed by atoms with Crippen LogP contribution in [0.3, 0.4) is 0 Å². The van der Waals surface area contributed by atoms with Gasteiger partial charge < -0.3 is 15.4 Å². The Balaban J connectivity index is 2.22. The average molecular weight is 328 g/mol. The van der Waals surface area contributed by atoms with Gasteiger partial charge >= 0.3 is 6.09 Å². The maximum Gasteiger partial charge on any atom is 0.407 e. The Morgan fingerprint density at radius 1 is 1.13 bits per heavy atom. The molecular formula is C16H22F2N2O3. The van der Waals surface area contributed by atoms with E-state index in [9.17, 15) is 18.4 Å². The molecule has 0 aliphatic heterocycles. The van der Waals surface area contributed by atoms with Crippen LogP contribution in [0.25, 0.3) is 0 Å². The van der Waals surface area contributed by atoms with Crippen molar-refractivity contribution in [3.63, 3.8) is 0 Å². The second-order valence-corrected chi connectivity index (χ2v) is 6.01. The number of halogens is 2. The zero-order chi connectivity index (χ0) is 17.5. The van der Waals surface area contributed by atoms with Crippen molar-refractivity contribution < 1.29 is 23.1 Å². The van der Waals surface area contributed by atoms with E-state index in [-0.39, 0.29) is 37.4 Å². The van der Waals surface area contributed by atoms with E-state index >= 15 is 0 Å². The number of rotatable bonds is 6. The number of carbonyl (C=O) groups excluding carboxylic acids is 2. The van der Waals surface area contributed by atoms with Crippen LogP contribution >= 0.6 is 0 Å². The van der Waals surface area contributed by atoms with Crippen LogP contribution in [0.15, 0.2) is 18.2 Å². The van der Waals surface area contributed by atoms with Crippen molar-refractivity contribution in [2.24, 2.45) is 0 Å². The number of hydrogen-bond donors (Lipinski definition) is 2. The fourth-order valence-corrected chi connectivity index (χ4v) is 1.75. The lowest BCUT2D eigenvalue weighted by molar-refractivity contribution is -0.121. The summed E-state index contributed by atoms with van der Waals surface area (Å²) < 4.78 is 31.4. The number of hydrogen-bond acceptors (Lipinski definition) is 3. The van der Waals surface area contributed by atoms with E-state index in [1.54, 1.807) is 20.8 Å². The van der Waals surface area contributed by atoms with Gasteiger partial charge in [0.05, 0.1) is 0 Å². The van der Waals surface area contributed by atoms with E-state index in [1.807, 2.05) is 0 Å². The Morgan fingerprint density at radius 3 is 2.43 bits per heavy atom. The fraction of sp³-hybridized carbons (Fsp3) is 0.500. The highest BCUT2D eigenvalue weighted by Crippen LogP contribution is 2.11. The Bertz CT molecular complexity index is 557. The SMILES string of the molecule is CC(C)(C)OC(=O)NCCNC(=O)CCc1cc(F)ccc1F. The molecular weight excluding hydrogens is 306 g/mol. The van der Waals surface area contributed by atoms with E-state index in [0.717, 1.165) is 18.2 Å². The fourth-order valence-electron chi connectivity index (χ4n) is 1.75. The van der Waals surface area contributed by atoms with Crippen molar-refractivity contribution in [1.29, 1.82) is 0 Å². The third kappa shape index (κ3) is 8.13. The molecule has 0 bridgehead atoms.